The molecule has 0 aromatic heterocycles. The van der Waals surface area contributed by atoms with Crippen LogP contribution in [-0.4, -0.2) is 35.0 Å². The Bertz CT molecular complexity index is 419. The summed E-state index contributed by atoms with van der Waals surface area (Å²) in [5.74, 6) is -0.185. The summed E-state index contributed by atoms with van der Waals surface area (Å²) in [6.07, 6.45) is 1.03. The summed E-state index contributed by atoms with van der Waals surface area (Å²) >= 11 is 5.77. The van der Waals surface area contributed by atoms with E-state index in [1.54, 1.807) is 29.2 Å². The zero-order valence-corrected chi connectivity index (χ0v) is 12.0. The highest BCUT2D eigenvalue weighted by Gasteiger charge is 2.29. The van der Waals surface area contributed by atoms with Gasteiger partial charge in [0.2, 0.25) is 5.91 Å². The van der Waals surface area contributed by atoms with Crippen molar-refractivity contribution in [2.75, 3.05) is 13.1 Å². The Hall–Kier alpha value is -0.810. The maximum Gasteiger partial charge on any atom is 0.242 e. The number of benzene rings is 1. The van der Waals surface area contributed by atoms with Crippen molar-refractivity contribution in [1.82, 2.24) is 4.90 Å². The zero-order chi connectivity index (χ0) is 13.1. The Morgan fingerprint density at radius 1 is 1.26 bits per heavy atom. The number of rotatable bonds is 3. The van der Waals surface area contributed by atoms with Gasteiger partial charge in [-0.25, -0.2) is 0 Å². The fourth-order valence-corrected chi connectivity index (χ4v) is 2.28. The van der Waals surface area contributed by atoms with E-state index in [2.05, 4.69) is 0 Å². The second kappa shape index (κ2) is 7.10. The lowest BCUT2D eigenvalue weighted by atomic mass is 10.0. The summed E-state index contributed by atoms with van der Waals surface area (Å²) in [5.41, 5.74) is 6.45. The van der Waals surface area contributed by atoms with Crippen molar-refractivity contribution in [3.8, 4) is 0 Å². The molecule has 1 saturated heterocycles. The number of aliphatic hydroxyl groups is 1. The molecule has 0 saturated carbocycles. The Morgan fingerprint density at radius 3 is 2.32 bits per heavy atom. The van der Waals surface area contributed by atoms with E-state index in [1.807, 2.05) is 0 Å². The molecule has 19 heavy (non-hydrogen) atoms. The molecule has 1 fully saturated rings. The van der Waals surface area contributed by atoms with Crippen LogP contribution in [0.1, 0.15) is 24.5 Å². The predicted molar refractivity (Wildman–Crippen MR) is 77.4 cm³/mol. The molecule has 0 aliphatic carbocycles. The number of hydrogen-bond acceptors (Lipinski definition) is 3. The maximum absolute atomic E-state index is 12.0. The zero-order valence-electron chi connectivity index (χ0n) is 10.5. The van der Waals surface area contributed by atoms with Crippen LogP contribution in [0, 0.1) is 0 Å². The number of amides is 1. The number of carbonyl (C=O) groups is 1. The SMILES string of the molecule is Cl.NC(C(=O)N1CCCC1)C(O)c1ccc(Cl)cc1. The van der Waals surface area contributed by atoms with E-state index in [9.17, 15) is 9.90 Å². The molecule has 2 unspecified atom stereocenters. The highest BCUT2D eigenvalue weighted by atomic mass is 35.5. The highest BCUT2D eigenvalue weighted by Crippen LogP contribution is 2.20. The van der Waals surface area contributed by atoms with Gasteiger partial charge in [-0.15, -0.1) is 12.4 Å². The van der Waals surface area contributed by atoms with Crippen LogP contribution < -0.4 is 5.73 Å². The van der Waals surface area contributed by atoms with Crippen LogP contribution in [0.4, 0.5) is 0 Å². The highest BCUT2D eigenvalue weighted by molar-refractivity contribution is 6.30. The van der Waals surface area contributed by atoms with E-state index in [0.29, 0.717) is 10.6 Å². The van der Waals surface area contributed by atoms with Crippen molar-refractivity contribution in [3.63, 3.8) is 0 Å². The average molecular weight is 305 g/mol. The van der Waals surface area contributed by atoms with Crippen molar-refractivity contribution in [3.05, 3.63) is 34.9 Å². The van der Waals surface area contributed by atoms with Crippen LogP contribution in [0.15, 0.2) is 24.3 Å². The van der Waals surface area contributed by atoms with Gasteiger partial charge in [0.1, 0.15) is 12.1 Å². The summed E-state index contributed by atoms with van der Waals surface area (Å²) in [5, 5.41) is 10.7. The molecule has 1 aliphatic rings. The Labute approximate surface area is 123 Å². The summed E-state index contributed by atoms with van der Waals surface area (Å²) in [7, 11) is 0. The van der Waals surface area contributed by atoms with Gasteiger partial charge in [-0.05, 0) is 30.5 Å². The fraction of sp³-hybridized carbons (Fsp3) is 0.462. The van der Waals surface area contributed by atoms with Gasteiger partial charge in [-0.1, -0.05) is 23.7 Å². The molecule has 0 bridgehead atoms. The average Bonchev–Trinajstić information content (AvgIpc) is 2.91. The molecule has 1 aliphatic heterocycles. The van der Waals surface area contributed by atoms with Gasteiger partial charge in [-0.2, -0.15) is 0 Å². The minimum absolute atomic E-state index is 0. The predicted octanol–water partition coefficient (Wildman–Crippen LogP) is 1.74. The standard InChI is InChI=1S/C13H17ClN2O2.ClH/c14-10-5-3-9(4-6-10)12(17)11(15)13(18)16-7-1-2-8-16;/h3-6,11-12,17H,1-2,7-8,15H2;1H. The van der Waals surface area contributed by atoms with E-state index in [-0.39, 0.29) is 18.3 Å². The summed E-state index contributed by atoms with van der Waals surface area (Å²) < 4.78 is 0. The van der Waals surface area contributed by atoms with Crippen molar-refractivity contribution >= 4 is 29.9 Å². The van der Waals surface area contributed by atoms with E-state index in [0.717, 1.165) is 25.9 Å². The number of hydrogen-bond donors (Lipinski definition) is 2. The molecule has 0 radical (unpaired) electrons. The molecular weight excluding hydrogens is 287 g/mol. The van der Waals surface area contributed by atoms with Crippen LogP contribution in [-0.2, 0) is 4.79 Å². The van der Waals surface area contributed by atoms with Crippen LogP contribution in [0.25, 0.3) is 0 Å². The first-order valence-electron chi connectivity index (χ1n) is 6.07. The largest absolute Gasteiger partial charge is 0.386 e. The van der Waals surface area contributed by atoms with Gasteiger partial charge in [0.15, 0.2) is 0 Å². The molecule has 106 valence electrons. The van der Waals surface area contributed by atoms with Crippen molar-refractivity contribution < 1.29 is 9.90 Å². The van der Waals surface area contributed by atoms with Gasteiger partial charge < -0.3 is 15.7 Å². The Morgan fingerprint density at radius 2 is 1.79 bits per heavy atom. The molecule has 4 nitrogen and oxygen atoms in total. The second-order valence-corrected chi connectivity index (χ2v) is 4.99. The third-order valence-corrected chi connectivity index (χ3v) is 3.51. The van der Waals surface area contributed by atoms with Crippen LogP contribution in [0.2, 0.25) is 5.02 Å². The first-order valence-corrected chi connectivity index (χ1v) is 6.45. The molecule has 6 heteroatoms. The maximum atomic E-state index is 12.0. The van der Waals surface area contributed by atoms with Gasteiger partial charge in [0, 0.05) is 18.1 Å². The molecule has 1 heterocycles. The smallest absolute Gasteiger partial charge is 0.242 e. The van der Waals surface area contributed by atoms with Gasteiger partial charge >= 0.3 is 0 Å². The number of carbonyl (C=O) groups excluding carboxylic acids is 1. The summed E-state index contributed by atoms with van der Waals surface area (Å²) in [6.45, 7) is 1.47. The quantitative estimate of drug-likeness (QED) is 0.894. The molecule has 1 aromatic rings. The lowest BCUT2D eigenvalue weighted by molar-refractivity contribution is -0.134. The van der Waals surface area contributed by atoms with Crippen LogP contribution >= 0.6 is 24.0 Å². The summed E-state index contributed by atoms with van der Waals surface area (Å²) in [6, 6.07) is 5.80. The van der Waals surface area contributed by atoms with E-state index < -0.39 is 12.1 Å². The number of nitrogens with zero attached hydrogens (tertiary/aromatic N) is 1. The second-order valence-electron chi connectivity index (χ2n) is 4.55. The molecule has 3 N–H and O–H groups in total. The van der Waals surface area contributed by atoms with E-state index >= 15 is 0 Å². The molecule has 1 amide bonds. The minimum Gasteiger partial charge on any atom is -0.386 e. The van der Waals surface area contributed by atoms with Crippen molar-refractivity contribution in [2.45, 2.75) is 25.0 Å². The molecule has 1 aromatic carbocycles. The fourth-order valence-electron chi connectivity index (χ4n) is 2.15. The van der Waals surface area contributed by atoms with Crippen LogP contribution in [0.3, 0.4) is 0 Å². The Balaban J connectivity index is 0.00000180. The molecule has 0 spiro atoms. The topological polar surface area (TPSA) is 66.6 Å². The first kappa shape index (κ1) is 16.2. The lowest BCUT2D eigenvalue weighted by Gasteiger charge is -2.24. The van der Waals surface area contributed by atoms with E-state index in [4.69, 9.17) is 17.3 Å². The van der Waals surface area contributed by atoms with Crippen LogP contribution in [0.5, 0.6) is 0 Å². The Kier molecular flexibility index (Phi) is 6.07. The lowest BCUT2D eigenvalue weighted by Crippen LogP contribution is -2.45. The molecule has 2 rings (SSSR count). The number of aliphatic hydroxyl groups excluding tert-OH is 1. The monoisotopic (exact) mass is 304 g/mol. The third-order valence-electron chi connectivity index (χ3n) is 3.25. The number of halogens is 2. The van der Waals surface area contributed by atoms with Gasteiger partial charge in [-0.3, -0.25) is 4.79 Å². The number of nitrogens with two attached hydrogens (primary N) is 1. The van der Waals surface area contributed by atoms with Crippen molar-refractivity contribution in [1.29, 1.82) is 0 Å². The molecule has 2 atom stereocenters. The normalized spacial score (nSPS) is 17.7. The summed E-state index contributed by atoms with van der Waals surface area (Å²) in [4.78, 5) is 13.8. The van der Waals surface area contributed by atoms with Gasteiger partial charge in [0.05, 0.1) is 0 Å². The third kappa shape index (κ3) is 3.83. The number of likely N-dealkylation sites (tertiary alicyclic amines) is 1. The molecular formula is C13H18Cl2N2O2. The van der Waals surface area contributed by atoms with E-state index in [1.165, 1.54) is 0 Å². The van der Waals surface area contributed by atoms with Crippen molar-refractivity contribution in [2.24, 2.45) is 5.73 Å². The first-order chi connectivity index (χ1) is 8.59. The minimum atomic E-state index is -0.990. The van der Waals surface area contributed by atoms with Gasteiger partial charge in [0.25, 0.3) is 0 Å².